The number of esters is 1. The van der Waals surface area contributed by atoms with E-state index in [1.807, 2.05) is 30.3 Å². The van der Waals surface area contributed by atoms with E-state index < -0.39 is 11.9 Å². The summed E-state index contributed by atoms with van der Waals surface area (Å²) in [6.07, 6.45) is 0.245. The molecule has 8 heteroatoms. The molecule has 7 nitrogen and oxygen atoms in total. The first-order chi connectivity index (χ1) is 13.0. The molecule has 0 spiro atoms. The number of benzene rings is 1. The molecule has 0 saturated carbocycles. The van der Waals surface area contributed by atoms with Crippen molar-refractivity contribution >= 4 is 40.0 Å². The van der Waals surface area contributed by atoms with Crippen molar-refractivity contribution in [3.63, 3.8) is 0 Å². The Kier molecular flexibility index (Phi) is 5.66. The molecular weight excluding hydrogens is 368 g/mol. The molecular formula is C19H18N2O5S. The number of hydrogen-bond donors (Lipinski definition) is 1. The predicted octanol–water partition coefficient (Wildman–Crippen LogP) is 2.68. The second-order valence-corrected chi connectivity index (χ2v) is 6.91. The standard InChI is InChI=1S/C19H18N2O5S/c1-2-26-19(25)13-10-14(12-6-4-3-5-7-12)27-18(13)20-15(22)11-21-16(23)8-9-17(21)24/h3-7,10H,2,8-9,11H2,1H3,(H,20,22). The number of carbonyl (C=O) groups is 4. The van der Waals surface area contributed by atoms with Crippen molar-refractivity contribution in [1.82, 2.24) is 4.90 Å². The van der Waals surface area contributed by atoms with Crippen molar-refractivity contribution in [2.75, 3.05) is 18.5 Å². The Labute approximate surface area is 159 Å². The Morgan fingerprint density at radius 3 is 2.44 bits per heavy atom. The lowest BCUT2D eigenvalue weighted by molar-refractivity contribution is -0.141. The largest absolute Gasteiger partial charge is 0.462 e. The minimum atomic E-state index is -0.542. The number of nitrogens with zero attached hydrogens (tertiary/aromatic N) is 1. The zero-order valence-corrected chi connectivity index (χ0v) is 15.5. The molecule has 1 aromatic heterocycles. The van der Waals surface area contributed by atoms with Crippen molar-refractivity contribution in [3.8, 4) is 10.4 Å². The van der Waals surface area contributed by atoms with Gasteiger partial charge in [-0.1, -0.05) is 30.3 Å². The van der Waals surface area contributed by atoms with Gasteiger partial charge in [0.25, 0.3) is 0 Å². The first-order valence-electron chi connectivity index (χ1n) is 8.49. The Hall–Kier alpha value is -3.00. The molecule has 0 bridgehead atoms. The summed E-state index contributed by atoms with van der Waals surface area (Å²) in [6, 6.07) is 11.1. The summed E-state index contributed by atoms with van der Waals surface area (Å²) in [7, 11) is 0. The number of thiophene rings is 1. The normalized spacial score (nSPS) is 13.7. The van der Waals surface area contributed by atoms with E-state index in [1.54, 1.807) is 13.0 Å². The summed E-state index contributed by atoms with van der Waals surface area (Å²) >= 11 is 1.23. The monoisotopic (exact) mass is 386 g/mol. The van der Waals surface area contributed by atoms with Crippen molar-refractivity contribution in [2.24, 2.45) is 0 Å². The van der Waals surface area contributed by atoms with Crippen LogP contribution in [0, 0.1) is 0 Å². The molecule has 140 valence electrons. The predicted molar refractivity (Wildman–Crippen MR) is 100 cm³/mol. The maximum Gasteiger partial charge on any atom is 0.341 e. The fourth-order valence-electron chi connectivity index (χ4n) is 2.70. The van der Waals surface area contributed by atoms with Gasteiger partial charge >= 0.3 is 5.97 Å². The fraction of sp³-hybridized carbons (Fsp3) is 0.263. The van der Waals surface area contributed by atoms with Gasteiger partial charge in [0.1, 0.15) is 11.5 Å². The quantitative estimate of drug-likeness (QED) is 0.609. The second kappa shape index (κ2) is 8.13. The molecule has 1 aliphatic rings. The molecule has 1 aliphatic heterocycles. The average Bonchev–Trinajstić information content (AvgIpc) is 3.21. The minimum absolute atomic E-state index is 0.122. The Morgan fingerprint density at radius 1 is 1.15 bits per heavy atom. The summed E-state index contributed by atoms with van der Waals surface area (Å²) in [4.78, 5) is 49.7. The number of carbonyl (C=O) groups excluding carboxylic acids is 4. The number of likely N-dealkylation sites (tertiary alicyclic amines) is 1. The van der Waals surface area contributed by atoms with Gasteiger partial charge < -0.3 is 10.1 Å². The van der Waals surface area contributed by atoms with E-state index in [4.69, 9.17) is 4.74 Å². The third kappa shape index (κ3) is 4.22. The number of nitrogens with one attached hydrogen (secondary N) is 1. The highest BCUT2D eigenvalue weighted by molar-refractivity contribution is 7.20. The number of rotatable bonds is 6. The van der Waals surface area contributed by atoms with E-state index in [1.165, 1.54) is 11.3 Å². The van der Waals surface area contributed by atoms with Gasteiger partial charge in [0, 0.05) is 17.7 Å². The number of ether oxygens (including phenoxy) is 1. The summed E-state index contributed by atoms with van der Waals surface area (Å²) < 4.78 is 5.06. The highest BCUT2D eigenvalue weighted by Gasteiger charge is 2.31. The summed E-state index contributed by atoms with van der Waals surface area (Å²) in [5, 5.41) is 2.97. The molecule has 3 rings (SSSR count). The van der Waals surface area contributed by atoms with Crippen LogP contribution < -0.4 is 5.32 Å². The lowest BCUT2D eigenvalue weighted by Crippen LogP contribution is -2.36. The van der Waals surface area contributed by atoms with Gasteiger partial charge in [-0.2, -0.15) is 0 Å². The molecule has 1 fully saturated rings. The molecule has 2 heterocycles. The van der Waals surface area contributed by atoms with Crippen LogP contribution in [0.25, 0.3) is 10.4 Å². The highest BCUT2D eigenvalue weighted by Crippen LogP contribution is 2.36. The molecule has 0 aliphatic carbocycles. The van der Waals surface area contributed by atoms with Crippen LogP contribution >= 0.6 is 11.3 Å². The van der Waals surface area contributed by atoms with E-state index in [2.05, 4.69) is 5.32 Å². The zero-order valence-electron chi connectivity index (χ0n) is 14.7. The van der Waals surface area contributed by atoms with Crippen LogP contribution in [0.5, 0.6) is 0 Å². The number of anilines is 1. The van der Waals surface area contributed by atoms with Gasteiger partial charge in [-0.05, 0) is 18.6 Å². The topological polar surface area (TPSA) is 92.8 Å². The van der Waals surface area contributed by atoms with Crippen molar-refractivity contribution in [3.05, 3.63) is 42.0 Å². The van der Waals surface area contributed by atoms with Crippen LogP contribution in [0.2, 0.25) is 0 Å². The van der Waals surface area contributed by atoms with E-state index >= 15 is 0 Å². The van der Waals surface area contributed by atoms with Crippen LogP contribution in [0.1, 0.15) is 30.1 Å². The van der Waals surface area contributed by atoms with E-state index in [9.17, 15) is 19.2 Å². The number of amides is 3. The average molecular weight is 386 g/mol. The van der Waals surface area contributed by atoms with Crippen LogP contribution in [0.4, 0.5) is 5.00 Å². The lowest BCUT2D eigenvalue weighted by Gasteiger charge is -2.13. The molecule has 0 radical (unpaired) electrons. The van der Waals surface area contributed by atoms with Crippen molar-refractivity contribution < 1.29 is 23.9 Å². The fourth-order valence-corrected chi connectivity index (χ4v) is 3.77. The van der Waals surface area contributed by atoms with Gasteiger partial charge in [0.2, 0.25) is 17.7 Å². The second-order valence-electron chi connectivity index (χ2n) is 5.86. The van der Waals surface area contributed by atoms with E-state index in [0.29, 0.717) is 5.00 Å². The SMILES string of the molecule is CCOC(=O)c1cc(-c2ccccc2)sc1NC(=O)CN1C(=O)CCC1=O. The molecule has 27 heavy (non-hydrogen) atoms. The molecule has 1 saturated heterocycles. The smallest absolute Gasteiger partial charge is 0.341 e. The maximum absolute atomic E-state index is 12.3. The highest BCUT2D eigenvalue weighted by atomic mass is 32.1. The van der Waals surface area contributed by atoms with E-state index in [0.717, 1.165) is 15.3 Å². The Balaban J connectivity index is 1.83. The van der Waals surface area contributed by atoms with Crippen LogP contribution in [-0.4, -0.2) is 41.7 Å². The van der Waals surface area contributed by atoms with Gasteiger partial charge in [0.05, 0.1) is 12.2 Å². The van der Waals surface area contributed by atoms with Crippen LogP contribution in [0.15, 0.2) is 36.4 Å². The number of imide groups is 1. The van der Waals surface area contributed by atoms with Crippen LogP contribution in [0.3, 0.4) is 0 Å². The Morgan fingerprint density at radius 2 is 1.81 bits per heavy atom. The van der Waals surface area contributed by atoms with Crippen molar-refractivity contribution in [1.29, 1.82) is 0 Å². The first kappa shape index (κ1) is 18.8. The van der Waals surface area contributed by atoms with Gasteiger partial charge in [-0.3, -0.25) is 19.3 Å². The maximum atomic E-state index is 12.3. The third-order valence-electron chi connectivity index (χ3n) is 4.00. The molecule has 0 unspecified atom stereocenters. The number of hydrogen-bond acceptors (Lipinski definition) is 6. The van der Waals surface area contributed by atoms with Gasteiger partial charge in [0.15, 0.2) is 0 Å². The molecule has 1 aromatic carbocycles. The minimum Gasteiger partial charge on any atom is -0.462 e. The third-order valence-corrected chi connectivity index (χ3v) is 5.09. The van der Waals surface area contributed by atoms with Gasteiger partial charge in [-0.25, -0.2) is 4.79 Å². The molecule has 1 N–H and O–H groups in total. The summed E-state index contributed by atoms with van der Waals surface area (Å²) in [5.41, 5.74) is 1.14. The molecule has 2 aromatic rings. The van der Waals surface area contributed by atoms with Crippen LogP contribution in [-0.2, 0) is 19.1 Å². The molecule has 3 amide bonds. The van der Waals surface area contributed by atoms with Crippen molar-refractivity contribution in [2.45, 2.75) is 19.8 Å². The van der Waals surface area contributed by atoms with E-state index in [-0.39, 0.29) is 43.4 Å². The first-order valence-corrected chi connectivity index (χ1v) is 9.30. The molecule has 0 atom stereocenters. The zero-order chi connectivity index (χ0) is 19.4. The summed E-state index contributed by atoms with van der Waals surface area (Å²) in [5.74, 6) is -1.81. The van der Waals surface area contributed by atoms with Gasteiger partial charge in [-0.15, -0.1) is 11.3 Å². The lowest BCUT2D eigenvalue weighted by atomic mass is 10.1. The summed E-state index contributed by atoms with van der Waals surface area (Å²) in [6.45, 7) is 1.54. The Bertz CT molecular complexity index is 875.